The highest BCUT2D eigenvalue weighted by Gasteiger charge is 2.21. The van der Waals surface area contributed by atoms with E-state index >= 15 is 0 Å². The maximum Gasteiger partial charge on any atom is 0.321 e. The highest BCUT2D eigenvalue weighted by atomic mass is 16.2. The zero-order valence-electron chi connectivity index (χ0n) is 12.9. The molecule has 0 aliphatic carbocycles. The summed E-state index contributed by atoms with van der Waals surface area (Å²) in [5.41, 5.74) is 0. The molecule has 0 unspecified atom stereocenters. The number of nitrogens with zero attached hydrogens (tertiary/aromatic N) is 1. The third-order valence-corrected chi connectivity index (χ3v) is 3.55. The molecule has 1 saturated heterocycles. The van der Waals surface area contributed by atoms with E-state index in [1.807, 2.05) is 20.9 Å². The molecule has 0 aromatic heterocycles. The monoisotopic (exact) mass is 284 g/mol. The van der Waals surface area contributed by atoms with E-state index < -0.39 is 6.03 Å². The lowest BCUT2D eigenvalue weighted by Gasteiger charge is -2.31. The minimum absolute atomic E-state index is 0.0331. The first-order chi connectivity index (χ1) is 9.51. The molecule has 1 rings (SSSR count). The van der Waals surface area contributed by atoms with Crippen molar-refractivity contribution in [3.8, 4) is 0 Å². The van der Waals surface area contributed by atoms with Gasteiger partial charge in [-0.05, 0) is 65.7 Å². The molecule has 1 aliphatic rings. The van der Waals surface area contributed by atoms with Gasteiger partial charge >= 0.3 is 6.03 Å². The SMILES string of the molecule is CNCCC1CCN(CC(=O)NC(=O)NC(C)C)CC1. The summed E-state index contributed by atoms with van der Waals surface area (Å²) >= 11 is 0. The fourth-order valence-electron chi connectivity index (χ4n) is 2.45. The molecule has 0 spiro atoms. The second-order valence-electron chi connectivity index (χ2n) is 5.79. The topological polar surface area (TPSA) is 73.5 Å². The summed E-state index contributed by atoms with van der Waals surface area (Å²) in [5.74, 6) is 0.530. The number of amides is 3. The van der Waals surface area contributed by atoms with Gasteiger partial charge in [0.05, 0.1) is 6.54 Å². The van der Waals surface area contributed by atoms with Crippen LogP contribution in [-0.2, 0) is 4.79 Å². The molecule has 0 radical (unpaired) electrons. The van der Waals surface area contributed by atoms with Gasteiger partial charge in [-0.25, -0.2) is 4.79 Å². The van der Waals surface area contributed by atoms with Crippen LogP contribution in [0.5, 0.6) is 0 Å². The number of nitrogens with one attached hydrogen (secondary N) is 3. The van der Waals surface area contributed by atoms with Crippen LogP contribution in [0.15, 0.2) is 0 Å². The van der Waals surface area contributed by atoms with Gasteiger partial charge in [-0.2, -0.15) is 0 Å². The molecule has 3 N–H and O–H groups in total. The van der Waals surface area contributed by atoms with E-state index in [1.54, 1.807) is 0 Å². The van der Waals surface area contributed by atoms with E-state index in [0.29, 0.717) is 6.54 Å². The maximum atomic E-state index is 11.7. The summed E-state index contributed by atoms with van der Waals surface area (Å²) in [6, 6.07) is -0.375. The van der Waals surface area contributed by atoms with E-state index in [4.69, 9.17) is 0 Å². The Bertz CT molecular complexity index is 312. The third-order valence-electron chi connectivity index (χ3n) is 3.55. The minimum Gasteiger partial charge on any atom is -0.336 e. The summed E-state index contributed by atoms with van der Waals surface area (Å²) in [7, 11) is 1.97. The number of urea groups is 1. The fourth-order valence-corrected chi connectivity index (χ4v) is 2.45. The van der Waals surface area contributed by atoms with Gasteiger partial charge in [-0.1, -0.05) is 0 Å². The predicted molar refractivity (Wildman–Crippen MR) is 79.5 cm³/mol. The number of carbonyl (C=O) groups is 2. The molecular formula is C14H28N4O2. The van der Waals surface area contributed by atoms with Gasteiger partial charge in [0, 0.05) is 6.04 Å². The van der Waals surface area contributed by atoms with E-state index in [1.165, 1.54) is 6.42 Å². The van der Waals surface area contributed by atoms with Gasteiger partial charge < -0.3 is 10.6 Å². The van der Waals surface area contributed by atoms with E-state index in [2.05, 4.69) is 20.9 Å². The van der Waals surface area contributed by atoms with E-state index in [9.17, 15) is 9.59 Å². The quantitative estimate of drug-likeness (QED) is 0.666. The van der Waals surface area contributed by atoms with Crippen molar-refractivity contribution in [1.29, 1.82) is 0 Å². The smallest absolute Gasteiger partial charge is 0.321 e. The molecule has 0 atom stereocenters. The standard InChI is InChI=1S/C14H28N4O2/c1-11(2)16-14(20)17-13(19)10-18-8-5-12(6-9-18)4-7-15-3/h11-12,15H,4-10H2,1-3H3,(H2,16,17,19,20). The Kier molecular flexibility index (Phi) is 7.54. The molecule has 6 heteroatoms. The highest BCUT2D eigenvalue weighted by Crippen LogP contribution is 2.19. The van der Waals surface area contributed by atoms with Crippen LogP contribution in [0.4, 0.5) is 4.79 Å². The second kappa shape index (κ2) is 8.92. The zero-order valence-corrected chi connectivity index (χ0v) is 12.9. The molecule has 0 bridgehead atoms. The first-order valence-electron chi connectivity index (χ1n) is 7.48. The largest absolute Gasteiger partial charge is 0.336 e. The average Bonchev–Trinajstić information content (AvgIpc) is 2.36. The number of piperidine rings is 1. The maximum absolute atomic E-state index is 11.7. The molecule has 1 aliphatic heterocycles. The first kappa shape index (κ1) is 16.9. The number of carbonyl (C=O) groups excluding carboxylic acids is 2. The van der Waals surface area contributed by atoms with Gasteiger partial charge in [0.2, 0.25) is 5.91 Å². The Balaban J connectivity index is 2.19. The van der Waals surface area contributed by atoms with Crippen LogP contribution in [0.2, 0.25) is 0 Å². The molecule has 116 valence electrons. The Labute approximate surface area is 121 Å². The minimum atomic E-state index is -0.408. The van der Waals surface area contributed by atoms with Crippen molar-refractivity contribution >= 4 is 11.9 Å². The van der Waals surface area contributed by atoms with Gasteiger partial charge in [0.1, 0.15) is 0 Å². The Morgan fingerprint density at radius 3 is 2.45 bits per heavy atom. The summed E-state index contributed by atoms with van der Waals surface area (Å²) < 4.78 is 0. The van der Waals surface area contributed by atoms with Crippen molar-refractivity contribution in [2.45, 2.75) is 39.2 Å². The van der Waals surface area contributed by atoms with Gasteiger partial charge in [0.15, 0.2) is 0 Å². The van der Waals surface area contributed by atoms with Crippen LogP contribution in [0.1, 0.15) is 33.1 Å². The Morgan fingerprint density at radius 2 is 1.90 bits per heavy atom. The molecule has 0 saturated carbocycles. The molecule has 20 heavy (non-hydrogen) atoms. The lowest BCUT2D eigenvalue weighted by Crippen LogP contribution is -2.47. The van der Waals surface area contributed by atoms with Crippen molar-refractivity contribution < 1.29 is 9.59 Å². The summed E-state index contributed by atoms with van der Waals surface area (Å²) in [5, 5.41) is 8.18. The Hall–Kier alpha value is -1.14. The number of likely N-dealkylation sites (tertiary alicyclic amines) is 1. The lowest BCUT2D eigenvalue weighted by atomic mass is 9.93. The summed E-state index contributed by atoms with van der Waals surface area (Å²) in [4.78, 5) is 25.3. The number of rotatable bonds is 6. The van der Waals surface area contributed by atoms with Crippen molar-refractivity contribution in [1.82, 2.24) is 20.9 Å². The lowest BCUT2D eigenvalue weighted by molar-refractivity contribution is -0.121. The summed E-state index contributed by atoms with van der Waals surface area (Å²) in [6.45, 7) is 6.96. The molecule has 0 aromatic rings. The molecule has 6 nitrogen and oxygen atoms in total. The van der Waals surface area contributed by atoms with Crippen LogP contribution in [0.25, 0.3) is 0 Å². The van der Waals surface area contributed by atoms with E-state index in [0.717, 1.165) is 38.4 Å². The van der Waals surface area contributed by atoms with Crippen LogP contribution in [0.3, 0.4) is 0 Å². The average molecular weight is 284 g/mol. The molecular weight excluding hydrogens is 256 g/mol. The molecule has 0 aromatic carbocycles. The Morgan fingerprint density at radius 1 is 1.25 bits per heavy atom. The fraction of sp³-hybridized carbons (Fsp3) is 0.857. The first-order valence-corrected chi connectivity index (χ1v) is 7.48. The molecule has 1 heterocycles. The van der Waals surface area contributed by atoms with Gasteiger partial charge in [-0.15, -0.1) is 0 Å². The molecule has 1 fully saturated rings. The predicted octanol–water partition coefficient (Wildman–Crippen LogP) is 0.542. The summed E-state index contributed by atoms with van der Waals surface area (Å²) in [6.07, 6.45) is 3.47. The van der Waals surface area contributed by atoms with Crippen molar-refractivity contribution in [2.75, 3.05) is 33.2 Å². The van der Waals surface area contributed by atoms with Gasteiger partial charge in [0.25, 0.3) is 0 Å². The molecule has 3 amide bonds. The van der Waals surface area contributed by atoms with Crippen LogP contribution in [-0.4, -0.2) is 56.1 Å². The third kappa shape index (κ3) is 6.86. The number of hydrogen-bond acceptors (Lipinski definition) is 4. The van der Waals surface area contributed by atoms with Gasteiger partial charge in [-0.3, -0.25) is 15.0 Å². The number of hydrogen-bond donors (Lipinski definition) is 3. The number of imide groups is 1. The van der Waals surface area contributed by atoms with Crippen LogP contribution >= 0.6 is 0 Å². The zero-order chi connectivity index (χ0) is 15.0. The van der Waals surface area contributed by atoms with Crippen molar-refractivity contribution in [2.24, 2.45) is 5.92 Å². The van der Waals surface area contributed by atoms with Crippen LogP contribution < -0.4 is 16.0 Å². The normalized spacial score (nSPS) is 17.2. The van der Waals surface area contributed by atoms with E-state index in [-0.39, 0.29) is 11.9 Å². The van der Waals surface area contributed by atoms with Crippen LogP contribution in [0, 0.1) is 5.92 Å². The van der Waals surface area contributed by atoms with Crippen molar-refractivity contribution in [3.63, 3.8) is 0 Å². The second-order valence-corrected chi connectivity index (χ2v) is 5.79. The van der Waals surface area contributed by atoms with Crippen molar-refractivity contribution in [3.05, 3.63) is 0 Å². The highest BCUT2D eigenvalue weighted by molar-refractivity contribution is 5.95.